The fraction of sp³-hybridized carbons (Fsp3) is 0.667. The molecule has 2 nitrogen and oxygen atoms in total. The summed E-state index contributed by atoms with van der Waals surface area (Å²) in [5, 5.41) is 3.19. The van der Waals surface area contributed by atoms with Crippen LogP contribution in [0.4, 0.5) is 10.2 Å². The van der Waals surface area contributed by atoms with Gasteiger partial charge in [-0.2, -0.15) is 4.39 Å². The van der Waals surface area contributed by atoms with Crippen molar-refractivity contribution in [2.75, 3.05) is 11.9 Å². The van der Waals surface area contributed by atoms with Gasteiger partial charge in [0.05, 0.1) is 0 Å². The molecule has 18 heavy (non-hydrogen) atoms. The van der Waals surface area contributed by atoms with Gasteiger partial charge in [-0.25, -0.2) is 4.98 Å². The van der Waals surface area contributed by atoms with E-state index >= 15 is 0 Å². The van der Waals surface area contributed by atoms with Gasteiger partial charge in [-0.3, -0.25) is 0 Å². The number of anilines is 1. The average Bonchev–Trinajstić information content (AvgIpc) is 2.10. The Morgan fingerprint density at radius 2 is 1.72 bits per heavy atom. The van der Waals surface area contributed by atoms with Crippen molar-refractivity contribution in [2.24, 2.45) is 5.41 Å². The van der Waals surface area contributed by atoms with E-state index < -0.39 is 0 Å². The van der Waals surface area contributed by atoms with Crippen LogP contribution in [0.25, 0.3) is 0 Å². The maximum absolute atomic E-state index is 14.1. The molecule has 0 aliphatic rings. The molecule has 0 radical (unpaired) electrons. The number of nitrogens with zero attached hydrogens (tertiary/aromatic N) is 1. The van der Waals surface area contributed by atoms with Gasteiger partial charge in [-0.05, 0) is 29.4 Å². The Kier molecular flexibility index (Phi) is 4.04. The first kappa shape index (κ1) is 14.9. The number of hydrogen-bond acceptors (Lipinski definition) is 2. The standard InChI is InChI=1S/C15H25FN2/c1-10-8-11(17-9-14(2,3)4)18-13(16)12(10)15(5,6)7/h8H,9H2,1-7H3,(H,17,18). The van der Waals surface area contributed by atoms with Crippen LogP contribution >= 0.6 is 0 Å². The minimum absolute atomic E-state index is 0.148. The van der Waals surface area contributed by atoms with Gasteiger partial charge in [-0.15, -0.1) is 0 Å². The lowest BCUT2D eigenvalue weighted by Crippen LogP contribution is -2.21. The first-order valence-corrected chi connectivity index (χ1v) is 6.42. The zero-order valence-corrected chi connectivity index (χ0v) is 12.6. The van der Waals surface area contributed by atoms with Crippen molar-refractivity contribution in [3.8, 4) is 0 Å². The van der Waals surface area contributed by atoms with Crippen molar-refractivity contribution < 1.29 is 4.39 Å². The van der Waals surface area contributed by atoms with Crippen molar-refractivity contribution in [1.82, 2.24) is 4.98 Å². The molecule has 0 atom stereocenters. The number of rotatable bonds is 2. The second kappa shape index (κ2) is 4.87. The zero-order chi connectivity index (χ0) is 14.1. The second-order valence-electron chi connectivity index (χ2n) is 7.15. The molecule has 0 aromatic carbocycles. The molecule has 1 aromatic rings. The molecule has 1 rings (SSSR count). The SMILES string of the molecule is Cc1cc(NCC(C)(C)C)nc(F)c1C(C)(C)C. The summed E-state index contributed by atoms with van der Waals surface area (Å²) < 4.78 is 14.1. The molecule has 0 aliphatic heterocycles. The summed E-state index contributed by atoms with van der Waals surface area (Å²) in [6.45, 7) is 15.1. The molecular weight excluding hydrogens is 227 g/mol. The van der Waals surface area contributed by atoms with Crippen LogP contribution in [0.2, 0.25) is 0 Å². The molecule has 0 spiro atoms. The fourth-order valence-electron chi connectivity index (χ4n) is 1.98. The maximum Gasteiger partial charge on any atom is 0.218 e. The van der Waals surface area contributed by atoms with Crippen LogP contribution in [-0.2, 0) is 5.41 Å². The Morgan fingerprint density at radius 3 is 2.11 bits per heavy atom. The molecule has 0 unspecified atom stereocenters. The van der Waals surface area contributed by atoms with Crippen LogP contribution < -0.4 is 5.32 Å². The molecule has 1 aromatic heterocycles. The van der Waals surface area contributed by atoms with E-state index in [2.05, 4.69) is 31.1 Å². The summed E-state index contributed by atoms with van der Waals surface area (Å²) in [6, 6.07) is 1.93. The van der Waals surface area contributed by atoms with Gasteiger partial charge in [0.2, 0.25) is 5.95 Å². The highest BCUT2D eigenvalue weighted by Crippen LogP contribution is 2.29. The quantitative estimate of drug-likeness (QED) is 0.794. The molecule has 3 heteroatoms. The number of pyridine rings is 1. The van der Waals surface area contributed by atoms with E-state index in [0.29, 0.717) is 11.4 Å². The topological polar surface area (TPSA) is 24.9 Å². The summed E-state index contributed by atoms with van der Waals surface area (Å²) in [7, 11) is 0. The normalized spacial score (nSPS) is 12.7. The van der Waals surface area contributed by atoms with Gasteiger partial charge in [0.1, 0.15) is 5.82 Å². The highest BCUT2D eigenvalue weighted by molar-refractivity contribution is 5.43. The Balaban J connectivity index is 3.01. The number of hydrogen-bond donors (Lipinski definition) is 1. The maximum atomic E-state index is 14.1. The summed E-state index contributed by atoms with van der Waals surface area (Å²) in [4.78, 5) is 4.03. The Hall–Kier alpha value is -1.12. The zero-order valence-electron chi connectivity index (χ0n) is 12.6. The first-order valence-electron chi connectivity index (χ1n) is 6.42. The molecule has 0 saturated carbocycles. The molecule has 0 amide bonds. The number of halogens is 1. The lowest BCUT2D eigenvalue weighted by atomic mass is 9.85. The third kappa shape index (κ3) is 3.97. The van der Waals surface area contributed by atoms with Gasteiger partial charge >= 0.3 is 0 Å². The number of aromatic nitrogens is 1. The summed E-state index contributed by atoms with van der Waals surface area (Å²) >= 11 is 0. The Morgan fingerprint density at radius 1 is 1.17 bits per heavy atom. The van der Waals surface area contributed by atoms with Crippen LogP contribution in [0.15, 0.2) is 6.07 Å². The molecule has 0 saturated heterocycles. The van der Waals surface area contributed by atoms with Gasteiger partial charge < -0.3 is 5.32 Å². The lowest BCUT2D eigenvalue weighted by molar-refractivity contribution is 0.441. The van der Waals surface area contributed by atoms with Crippen molar-refractivity contribution in [1.29, 1.82) is 0 Å². The van der Waals surface area contributed by atoms with E-state index in [4.69, 9.17) is 0 Å². The third-order valence-electron chi connectivity index (χ3n) is 2.72. The minimum Gasteiger partial charge on any atom is -0.369 e. The fourth-order valence-corrected chi connectivity index (χ4v) is 1.98. The van der Waals surface area contributed by atoms with Gasteiger partial charge in [0.15, 0.2) is 0 Å². The van der Waals surface area contributed by atoms with Crippen LogP contribution in [0, 0.1) is 18.3 Å². The predicted molar refractivity (Wildman–Crippen MR) is 75.6 cm³/mol. The van der Waals surface area contributed by atoms with Crippen molar-refractivity contribution in [3.05, 3.63) is 23.1 Å². The molecule has 1 N–H and O–H groups in total. The van der Waals surface area contributed by atoms with E-state index in [-0.39, 0.29) is 16.8 Å². The largest absolute Gasteiger partial charge is 0.369 e. The summed E-state index contributed by atoms with van der Waals surface area (Å²) in [6.07, 6.45) is 0. The Labute approximate surface area is 110 Å². The highest BCUT2D eigenvalue weighted by atomic mass is 19.1. The smallest absolute Gasteiger partial charge is 0.218 e. The predicted octanol–water partition coefficient (Wildman–Crippen LogP) is 4.28. The van der Waals surface area contributed by atoms with E-state index in [1.165, 1.54) is 0 Å². The summed E-state index contributed by atoms with van der Waals surface area (Å²) in [5.41, 5.74) is 1.58. The van der Waals surface area contributed by atoms with Gasteiger partial charge in [-0.1, -0.05) is 41.5 Å². The molecule has 1 heterocycles. The molecular formula is C15H25FN2. The van der Waals surface area contributed by atoms with Crippen LogP contribution in [0.5, 0.6) is 0 Å². The minimum atomic E-state index is -0.362. The molecule has 0 aliphatic carbocycles. The van der Waals surface area contributed by atoms with Crippen molar-refractivity contribution in [2.45, 2.75) is 53.9 Å². The number of aryl methyl sites for hydroxylation is 1. The summed E-state index contributed by atoms with van der Waals surface area (Å²) in [5.74, 6) is 0.256. The monoisotopic (exact) mass is 252 g/mol. The van der Waals surface area contributed by atoms with Crippen molar-refractivity contribution in [3.63, 3.8) is 0 Å². The lowest BCUT2D eigenvalue weighted by Gasteiger charge is -2.23. The molecule has 102 valence electrons. The third-order valence-corrected chi connectivity index (χ3v) is 2.72. The number of nitrogens with one attached hydrogen (secondary N) is 1. The van der Waals surface area contributed by atoms with Crippen LogP contribution in [0.1, 0.15) is 52.7 Å². The second-order valence-corrected chi connectivity index (χ2v) is 7.15. The van der Waals surface area contributed by atoms with Crippen molar-refractivity contribution >= 4 is 5.82 Å². The van der Waals surface area contributed by atoms with E-state index in [0.717, 1.165) is 12.1 Å². The van der Waals surface area contributed by atoms with E-state index in [9.17, 15) is 4.39 Å². The van der Waals surface area contributed by atoms with E-state index in [1.54, 1.807) is 0 Å². The highest BCUT2D eigenvalue weighted by Gasteiger charge is 2.22. The van der Waals surface area contributed by atoms with Crippen LogP contribution in [0.3, 0.4) is 0 Å². The average molecular weight is 252 g/mol. The Bertz CT molecular complexity index is 402. The van der Waals surface area contributed by atoms with Gasteiger partial charge in [0.25, 0.3) is 0 Å². The molecule has 0 bridgehead atoms. The van der Waals surface area contributed by atoms with Crippen LogP contribution in [-0.4, -0.2) is 11.5 Å². The molecule has 0 fully saturated rings. The van der Waals surface area contributed by atoms with E-state index in [1.807, 2.05) is 33.8 Å². The first-order chi connectivity index (χ1) is 8.00. The van der Waals surface area contributed by atoms with Gasteiger partial charge in [0, 0.05) is 12.1 Å².